The lowest BCUT2D eigenvalue weighted by molar-refractivity contribution is -0.123. The molecule has 128 valence electrons. The zero-order chi connectivity index (χ0) is 17.4. The van der Waals surface area contributed by atoms with E-state index < -0.39 is 0 Å². The van der Waals surface area contributed by atoms with Crippen LogP contribution in [0.2, 0.25) is 5.02 Å². The van der Waals surface area contributed by atoms with Gasteiger partial charge < -0.3 is 10.1 Å². The molecule has 1 aliphatic carbocycles. The Kier molecular flexibility index (Phi) is 4.09. The molecule has 1 N–H and O–H groups in total. The van der Waals surface area contributed by atoms with Gasteiger partial charge in [0, 0.05) is 10.7 Å². The van der Waals surface area contributed by atoms with E-state index in [-0.39, 0.29) is 25.0 Å². The molecule has 5 nitrogen and oxygen atoms in total. The van der Waals surface area contributed by atoms with E-state index >= 15 is 0 Å². The summed E-state index contributed by atoms with van der Waals surface area (Å²) in [5.74, 6) is 0.0346. The fourth-order valence-electron chi connectivity index (χ4n) is 3.34. The number of benzene rings is 2. The number of amides is 2. The molecule has 0 saturated carbocycles. The summed E-state index contributed by atoms with van der Waals surface area (Å²) in [6, 6.07) is 11.0. The van der Waals surface area contributed by atoms with Crippen LogP contribution in [0.4, 0.5) is 11.4 Å². The average molecular weight is 357 g/mol. The summed E-state index contributed by atoms with van der Waals surface area (Å²) in [5.41, 5.74) is 3.92. The van der Waals surface area contributed by atoms with E-state index in [9.17, 15) is 9.59 Å². The Morgan fingerprint density at radius 1 is 1.16 bits per heavy atom. The molecule has 4 rings (SSSR count). The van der Waals surface area contributed by atoms with E-state index in [0.29, 0.717) is 16.5 Å². The van der Waals surface area contributed by atoms with Crippen LogP contribution in [0.15, 0.2) is 36.4 Å². The van der Waals surface area contributed by atoms with E-state index in [1.54, 1.807) is 18.2 Å². The molecule has 0 spiro atoms. The third kappa shape index (κ3) is 3.20. The Morgan fingerprint density at radius 3 is 2.88 bits per heavy atom. The molecule has 25 heavy (non-hydrogen) atoms. The zero-order valence-corrected chi connectivity index (χ0v) is 14.3. The number of aryl methyl sites for hydroxylation is 2. The summed E-state index contributed by atoms with van der Waals surface area (Å²) in [6.07, 6.45) is 3.31. The second-order valence-corrected chi connectivity index (χ2v) is 6.70. The van der Waals surface area contributed by atoms with Crippen LogP contribution in [0.5, 0.6) is 5.75 Å². The van der Waals surface area contributed by atoms with Crippen molar-refractivity contribution in [2.24, 2.45) is 0 Å². The second-order valence-electron chi connectivity index (χ2n) is 6.27. The molecule has 1 aliphatic heterocycles. The van der Waals surface area contributed by atoms with Crippen molar-refractivity contribution in [1.82, 2.24) is 0 Å². The Balaban J connectivity index is 1.51. The lowest BCUT2D eigenvalue weighted by Gasteiger charge is -2.29. The first kappa shape index (κ1) is 16.0. The molecule has 0 unspecified atom stereocenters. The smallest absolute Gasteiger partial charge is 0.265 e. The number of hydrogen-bond donors (Lipinski definition) is 1. The van der Waals surface area contributed by atoms with Gasteiger partial charge in [-0.25, -0.2) is 0 Å². The number of nitrogens with one attached hydrogen (secondary N) is 1. The highest BCUT2D eigenvalue weighted by molar-refractivity contribution is 6.31. The maximum absolute atomic E-state index is 12.4. The number of carbonyl (C=O) groups is 2. The number of carbonyl (C=O) groups excluding carboxylic acids is 2. The molecule has 1 heterocycles. The number of rotatable bonds is 3. The molecule has 0 fully saturated rings. The first-order chi connectivity index (χ1) is 12.1. The van der Waals surface area contributed by atoms with E-state index in [4.69, 9.17) is 16.3 Å². The van der Waals surface area contributed by atoms with Crippen LogP contribution in [-0.2, 0) is 22.4 Å². The molecule has 2 amide bonds. The number of halogens is 1. The van der Waals surface area contributed by atoms with Crippen LogP contribution in [0.1, 0.15) is 17.5 Å². The van der Waals surface area contributed by atoms with Crippen LogP contribution in [0.3, 0.4) is 0 Å². The highest BCUT2D eigenvalue weighted by Gasteiger charge is 2.27. The number of ether oxygens (including phenoxy) is 1. The van der Waals surface area contributed by atoms with Gasteiger partial charge in [0.15, 0.2) is 6.61 Å². The molecular weight excluding hydrogens is 340 g/mol. The first-order valence-corrected chi connectivity index (χ1v) is 8.62. The molecule has 0 atom stereocenters. The Bertz CT molecular complexity index is 866. The van der Waals surface area contributed by atoms with Crippen molar-refractivity contribution in [3.8, 4) is 5.75 Å². The Morgan fingerprint density at radius 2 is 2.00 bits per heavy atom. The summed E-state index contributed by atoms with van der Waals surface area (Å²) >= 11 is 6.02. The highest BCUT2D eigenvalue weighted by atomic mass is 35.5. The second kappa shape index (κ2) is 6.41. The molecular formula is C19H17ClN2O3. The van der Waals surface area contributed by atoms with E-state index in [1.165, 1.54) is 16.0 Å². The maximum atomic E-state index is 12.4. The Labute approximate surface area is 150 Å². The SMILES string of the molecule is O=C(CN1C(=O)COc2ccc(Cl)cc21)Nc1ccc2c(c1)CCC2. The monoisotopic (exact) mass is 356 g/mol. The van der Waals surface area contributed by atoms with Crippen molar-refractivity contribution >= 4 is 34.8 Å². The topological polar surface area (TPSA) is 58.6 Å². The van der Waals surface area contributed by atoms with Crippen molar-refractivity contribution in [2.75, 3.05) is 23.4 Å². The minimum Gasteiger partial charge on any atom is -0.482 e. The van der Waals surface area contributed by atoms with Gasteiger partial charge in [-0.05, 0) is 60.7 Å². The normalized spacial score (nSPS) is 15.4. The average Bonchev–Trinajstić information content (AvgIpc) is 3.05. The Hall–Kier alpha value is -2.53. The summed E-state index contributed by atoms with van der Waals surface area (Å²) < 4.78 is 5.39. The van der Waals surface area contributed by atoms with Gasteiger partial charge in [-0.3, -0.25) is 14.5 Å². The summed E-state index contributed by atoms with van der Waals surface area (Å²) in [5, 5.41) is 3.37. The number of nitrogens with zero attached hydrogens (tertiary/aromatic N) is 1. The van der Waals surface area contributed by atoms with Crippen molar-refractivity contribution < 1.29 is 14.3 Å². The molecule has 2 aromatic carbocycles. The van der Waals surface area contributed by atoms with Crippen LogP contribution in [0.25, 0.3) is 0 Å². The van der Waals surface area contributed by atoms with Gasteiger partial charge in [-0.2, -0.15) is 0 Å². The number of anilines is 2. The molecule has 0 radical (unpaired) electrons. The summed E-state index contributed by atoms with van der Waals surface area (Å²) in [6.45, 7) is -0.159. The minimum atomic E-state index is -0.265. The lowest BCUT2D eigenvalue weighted by atomic mass is 10.1. The van der Waals surface area contributed by atoms with E-state index in [0.717, 1.165) is 24.9 Å². The molecule has 2 aliphatic rings. The molecule has 2 aromatic rings. The standard InChI is InChI=1S/C19H17ClN2O3/c20-14-5-7-17-16(9-14)22(19(24)11-25-17)10-18(23)21-15-6-4-12-2-1-3-13(12)8-15/h4-9H,1-3,10-11H2,(H,21,23). The van der Waals surface area contributed by atoms with Crippen LogP contribution >= 0.6 is 11.6 Å². The van der Waals surface area contributed by atoms with Gasteiger partial charge >= 0.3 is 0 Å². The molecule has 0 aromatic heterocycles. The van der Waals surface area contributed by atoms with Crippen molar-refractivity contribution in [2.45, 2.75) is 19.3 Å². The van der Waals surface area contributed by atoms with Gasteiger partial charge in [0.1, 0.15) is 12.3 Å². The predicted octanol–water partition coefficient (Wildman–Crippen LogP) is 3.19. The summed E-state index contributed by atoms with van der Waals surface area (Å²) in [4.78, 5) is 26.0. The number of hydrogen-bond acceptors (Lipinski definition) is 3. The van der Waals surface area contributed by atoms with Gasteiger partial charge in [-0.15, -0.1) is 0 Å². The molecule has 0 saturated heterocycles. The lowest BCUT2D eigenvalue weighted by Crippen LogP contribution is -2.43. The first-order valence-electron chi connectivity index (χ1n) is 8.24. The van der Waals surface area contributed by atoms with Crippen molar-refractivity contribution in [1.29, 1.82) is 0 Å². The highest BCUT2D eigenvalue weighted by Crippen LogP contribution is 2.34. The van der Waals surface area contributed by atoms with E-state index in [1.807, 2.05) is 12.1 Å². The fraction of sp³-hybridized carbons (Fsp3) is 0.263. The molecule has 6 heteroatoms. The van der Waals surface area contributed by atoms with Crippen molar-refractivity contribution in [3.05, 3.63) is 52.5 Å². The fourth-order valence-corrected chi connectivity index (χ4v) is 3.51. The predicted molar refractivity (Wildman–Crippen MR) is 96.4 cm³/mol. The van der Waals surface area contributed by atoms with Gasteiger partial charge in [0.25, 0.3) is 5.91 Å². The third-order valence-corrected chi connectivity index (χ3v) is 4.78. The quantitative estimate of drug-likeness (QED) is 0.918. The van der Waals surface area contributed by atoms with Crippen LogP contribution in [0, 0.1) is 0 Å². The van der Waals surface area contributed by atoms with Gasteiger partial charge in [-0.1, -0.05) is 17.7 Å². The zero-order valence-electron chi connectivity index (χ0n) is 13.5. The van der Waals surface area contributed by atoms with E-state index in [2.05, 4.69) is 11.4 Å². The molecule has 0 bridgehead atoms. The summed E-state index contributed by atoms with van der Waals surface area (Å²) in [7, 11) is 0. The van der Waals surface area contributed by atoms with Gasteiger partial charge in [0.2, 0.25) is 5.91 Å². The van der Waals surface area contributed by atoms with Crippen molar-refractivity contribution in [3.63, 3.8) is 0 Å². The largest absolute Gasteiger partial charge is 0.482 e. The number of fused-ring (bicyclic) bond motifs is 2. The van der Waals surface area contributed by atoms with Gasteiger partial charge in [0.05, 0.1) is 5.69 Å². The van der Waals surface area contributed by atoms with Crippen LogP contribution in [-0.4, -0.2) is 25.0 Å². The minimum absolute atomic E-state index is 0.0768. The maximum Gasteiger partial charge on any atom is 0.265 e. The van der Waals surface area contributed by atoms with Crippen LogP contribution < -0.4 is 15.0 Å². The third-order valence-electron chi connectivity index (χ3n) is 4.55.